The molecule has 0 radical (unpaired) electrons. The van der Waals surface area contributed by atoms with Gasteiger partial charge in [-0.15, -0.1) is 0 Å². The highest BCUT2D eigenvalue weighted by atomic mass is 19.1. The van der Waals surface area contributed by atoms with Gasteiger partial charge in [0.1, 0.15) is 5.69 Å². The molecule has 0 unspecified atom stereocenters. The lowest BCUT2D eigenvalue weighted by Crippen LogP contribution is -2.15. The number of carbonyl (C=O) groups excluding carboxylic acids is 1. The fraction of sp³-hybridized carbons (Fsp3) is 0.286. The van der Waals surface area contributed by atoms with E-state index in [2.05, 4.69) is 10.4 Å². The molecule has 0 saturated heterocycles. The van der Waals surface area contributed by atoms with Gasteiger partial charge < -0.3 is 11.1 Å². The molecule has 0 aliphatic heterocycles. The Hall–Kier alpha value is -2.28. The van der Waals surface area contributed by atoms with E-state index < -0.39 is 17.5 Å². The molecular weight excluding hydrogens is 278 g/mol. The van der Waals surface area contributed by atoms with E-state index in [4.69, 9.17) is 5.73 Å². The molecule has 2 rings (SSSR count). The maximum atomic E-state index is 14.1. The number of halogens is 2. The summed E-state index contributed by atoms with van der Waals surface area (Å²) in [6, 6.07) is 2.49. The molecule has 1 amide bonds. The Bertz CT molecular complexity index is 631. The van der Waals surface area contributed by atoms with E-state index >= 15 is 0 Å². The molecule has 0 spiro atoms. The van der Waals surface area contributed by atoms with Crippen LogP contribution in [-0.2, 0) is 6.54 Å². The summed E-state index contributed by atoms with van der Waals surface area (Å²) in [6.07, 6.45) is 3.29. The van der Waals surface area contributed by atoms with E-state index in [0.717, 1.165) is 23.8 Å². The highest BCUT2D eigenvalue weighted by Gasteiger charge is 2.15. The molecule has 21 heavy (non-hydrogen) atoms. The Morgan fingerprint density at radius 2 is 2.05 bits per heavy atom. The topological polar surface area (TPSA) is 72.9 Å². The third kappa shape index (κ3) is 3.43. The van der Waals surface area contributed by atoms with Gasteiger partial charge in [-0.1, -0.05) is 6.92 Å². The molecule has 0 bridgehead atoms. The second kappa shape index (κ2) is 6.45. The molecule has 5 nitrogen and oxygen atoms in total. The van der Waals surface area contributed by atoms with Crippen LogP contribution in [0.5, 0.6) is 0 Å². The fourth-order valence-corrected chi connectivity index (χ4v) is 1.92. The fourth-order valence-electron chi connectivity index (χ4n) is 1.92. The van der Waals surface area contributed by atoms with Gasteiger partial charge in [0.2, 0.25) is 0 Å². The summed E-state index contributed by atoms with van der Waals surface area (Å²) >= 11 is 0. The van der Waals surface area contributed by atoms with E-state index in [9.17, 15) is 13.6 Å². The van der Waals surface area contributed by atoms with Crippen molar-refractivity contribution in [1.29, 1.82) is 0 Å². The second-order valence-corrected chi connectivity index (χ2v) is 4.62. The zero-order valence-electron chi connectivity index (χ0n) is 11.6. The molecule has 0 atom stereocenters. The van der Waals surface area contributed by atoms with Crippen LogP contribution in [-0.4, -0.2) is 22.2 Å². The molecule has 1 aromatic carbocycles. The Kier molecular flexibility index (Phi) is 4.64. The zero-order valence-corrected chi connectivity index (χ0v) is 11.6. The summed E-state index contributed by atoms with van der Waals surface area (Å²) in [5, 5.41) is 6.82. The smallest absolute Gasteiger partial charge is 0.251 e. The Labute approximate surface area is 120 Å². The minimum Gasteiger partial charge on any atom is -0.366 e. The molecule has 3 N–H and O–H groups in total. The van der Waals surface area contributed by atoms with Gasteiger partial charge in [0, 0.05) is 12.7 Å². The van der Waals surface area contributed by atoms with Crippen molar-refractivity contribution in [2.24, 2.45) is 5.73 Å². The SMILES string of the molecule is CCCNCc1cc(F)c(-n2cc(C(N)=O)cn2)c(F)c1. The maximum Gasteiger partial charge on any atom is 0.251 e. The number of amides is 1. The van der Waals surface area contributed by atoms with Crippen LogP contribution < -0.4 is 11.1 Å². The lowest BCUT2D eigenvalue weighted by molar-refractivity contribution is 0.100. The number of nitrogens with two attached hydrogens (primary N) is 1. The molecule has 2 aromatic rings. The average Bonchev–Trinajstić information content (AvgIpc) is 2.88. The summed E-state index contributed by atoms with van der Waals surface area (Å²) in [5.41, 5.74) is 5.34. The lowest BCUT2D eigenvalue weighted by atomic mass is 10.2. The number of aromatic nitrogens is 2. The predicted octanol–water partition coefficient (Wildman–Crippen LogP) is 1.75. The average molecular weight is 294 g/mol. The van der Waals surface area contributed by atoms with Crippen LogP contribution in [0.15, 0.2) is 24.5 Å². The summed E-state index contributed by atoms with van der Waals surface area (Å²) in [7, 11) is 0. The van der Waals surface area contributed by atoms with Crippen molar-refractivity contribution in [1.82, 2.24) is 15.1 Å². The van der Waals surface area contributed by atoms with E-state index in [1.165, 1.54) is 18.3 Å². The van der Waals surface area contributed by atoms with Gasteiger partial charge >= 0.3 is 0 Å². The standard InChI is InChI=1S/C14H16F2N4O/c1-2-3-18-6-9-4-11(15)13(12(16)5-9)20-8-10(7-19-20)14(17)21/h4-5,7-8,18H,2-3,6H2,1H3,(H2,17,21). The third-order valence-electron chi connectivity index (χ3n) is 2.93. The Morgan fingerprint density at radius 3 is 2.57 bits per heavy atom. The van der Waals surface area contributed by atoms with Crippen molar-refractivity contribution in [3.05, 3.63) is 47.3 Å². The minimum atomic E-state index is -0.748. The first-order valence-electron chi connectivity index (χ1n) is 6.56. The second-order valence-electron chi connectivity index (χ2n) is 4.62. The molecular formula is C14H16F2N4O. The largest absolute Gasteiger partial charge is 0.366 e. The normalized spacial score (nSPS) is 10.8. The first kappa shape index (κ1) is 15.1. The number of hydrogen-bond acceptors (Lipinski definition) is 3. The lowest BCUT2D eigenvalue weighted by Gasteiger charge is -2.09. The van der Waals surface area contributed by atoms with E-state index in [1.54, 1.807) is 0 Å². The highest BCUT2D eigenvalue weighted by molar-refractivity contribution is 5.92. The molecule has 1 aromatic heterocycles. The van der Waals surface area contributed by atoms with Crippen LogP contribution >= 0.6 is 0 Å². The van der Waals surface area contributed by atoms with Crippen LogP contribution in [0.4, 0.5) is 8.78 Å². The van der Waals surface area contributed by atoms with Crippen LogP contribution in [0.2, 0.25) is 0 Å². The summed E-state index contributed by atoms with van der Waals surface area (Å²) in [4.78, 5) is 11.0. The first-order valence-corrected chi connectivity index (χ1v) is 6.56. The molecule has 1 heterocycles. The van der Waals surface area contributed by atoms with Crippen molar-refractivity contribution in [2.45, 2.75) is 19.9 Å². The van der Waals surface area contributed by atoms with E-state index in [-0.39, 0.29) is 11.3 Å². The van der Waals surface area contributed by atoms with Crippen LogP contribution in [0, 0.1) is 11.6 Å². The van der Waals surface area contributed by atoms with Crippen molar-refractivity contribution < 1.29 is 13.6 Å². The first-order chi connectivity index (χ1) is 10.0. The quantitative estimate of drug-likeness (QED) is 0.797. The molecule has 0 saturated carbocycles. The van der Waals surface area contributed by atoms with Gasteiger partial charge in [-0.2, -0.15) is 5.10 Å². The molecule has 7 heteroatoms. The minimum absolute atomic E-state index is 0.0856. The number of carbonyl (C=O) groups is 1. The number of rotatable bonds is 6. The molecule has 0 aliphatic rings. The number of hydrogen-bond donors (Lipinski definition) is 2. The zero-order chi connectivity index (χ0) is 15.4. The van der Waals surface area contributed by atoms with Gasteiger partial charge in [-0.25, -0.2) is 13.5 Å². The van der Waals surface area contributed by atoms with E-state index in [0.29, 0.717) is 12.1 Å². The van der Waals surface area contributed by atoms with Gasteiger partial charge in [-0.3, -0.25) is 4.79 Å². The summed E-state index contributed by atoms with van der Waals surface area (Å²) in [6.45, 7) is 3.16. The van der Waals surface area contributed by atoms with Crippen LogP contribution in [0.25, 0.3) is 5.69 Å². The maximum absolute atomic E-state index is 14.1. The monoisotopic (exact) mass is 294 g/mol. The Balaban J connectivity index is 2.29. The number of benzene rings is 1. The predicted molar refractivity (Wildman–Crippen MR) is 74.0 cm³/mol. The summed E-state index contributed by atoms with van der Waals surface area (Å²) < 4.78 is 29.1. The highest BCUT2D eigenvalue weighted by Crippen LogP contribution is 2.19. The van der Waals surface area contributed by atoms with Gasteiger partial charge in [-0.05, 0) is 30.7 Å². The number of nitrogens with zero attached hydrogens (tertiary/aromatic N) is 2. The van der Waals surface area contributed by atoms with Gasteiger partial charge in [0.15, 0.2) is 11.6 Å². The number of primary amides is 1. The van der Waals surface area contributed by atoms with Gasteiger partial charge in [0.25, 0.3) is 5.91 Å². The van der Waals surface area contributed by atoms with Crippen molar-refractivity contribution in [3.8, 4) is 5.69 Å². The van der Waals surface area contributed by atoms with Crippen LogP contribution in [0.3, 0.4) is 0 Å². The van der Waals surface area contributed by atoms with Crippen molar-refractivity contribution in [2.75, 3.05) is 6.54 Å². The molecule has 112 valence electrons. The van der Waals surface area contributed by atoms with E-state index in [1.807, 2.05) is 6.92 Å². The van der Waals surface area contributed by atoms with Gasteiger partial charge in [0.05, 0.1) is 11.8 Å². The van der Waals surface area contributed by atoms with Crippen molar-refractivity contribution >= 4 is 5.91 Å². The Morgan fingerprint density at radius 1 is 1.38 bits per heavy atom. The summed E-state index contributed by atoms with van der Waals surface area (Å²) in [5.74, 6) is -2.20. The third-order valence-corrected chi connectivity index (χ3v) is 2.93. The van der Waals surface area contributed by atoms with Crippen molar-refractivity contribution in [3.63, 3.8) is 0 Å². The number of nitrogens with one attached hydrogen (secondary N) is 1. The molecule has 0 fully saturated rings. The molecule has 0 aliphatic carbocycles. The van der Waals surface area contributed by atoms with Crippen LogP contribution in [0.1, 0.15) is 29.3 Å².